The number of carbonyl (C=O) groups is 1. The van der Waals surface area contributed by atoms with Gasteiger partial charge in [0.25, 0.3) is 5.91 Å². The van der Waals surface area contributed by atoms with E-state index in [1.54, 1.807) is 10.7 Å². The van der Waals surface area contributed by atoms with Crippen LogP contribution in [0.1, 0.15) is 46.1 Å². The Morgan fingerprint density at radius 3 is 2.61 bits per heavy atom. The van der Waals surface area contributed by atoms with E-state index < -0.39 is 0 Å². The standard InChI is InChI=1S/C23H25ClFN5O/c1-14-21-18(12-20(15-3-4-15)26-22(21)28(2)27-14)23(31)30-9-7-29(8-10-30)13-16-5-6-17(25)11-19(16)24/h5-6,11-12,15H,3-4,7-10,13H2,1-2H3. The highest BCUT2D eigenvalue weighted by atomic mass is 35.5. The fourth-order valence-electron chi connectivity index (χ4n) is 4.39. The van der Waals surface area contributed by atoms with Crippen molar-refractivity contribution in [1.82, 2.24) is 24.6 Å². The number of amides is 1. The Bertz CT molecular complexity index is 1160. The number of pyridine rings is 1. The van der Waals surface area contributed by atoms with Crippen LogP contribution < -0.4 is 0 Å². The van der Waals surface area contributed by atoms with Crippen molar-refractivity contribution in [1.29, 1.82) is 0 Å². The van der Waals surface area contributed by atoms with Crippen molar-refractivity contribution in [3.8, 4) is 0 Å². The van der Waals surface area contributed by atoms with Gasteiger partial charge in [-0.1, -0.05) is 17.7 Å². The molecule has 0 N–H and O–H groups in total. The fraction of sp³-hybridized carbons (Fsp3) is 0.435. The summed E-state index contributed by atoms with van der Waals surface area (Å²) in [6.07, 6.45) is 2.27. The molecular weight excluding hydrogens is 417 g/mol. The number of fused-ring (bicyclic) bond motifs is 1. The van der Waals surface area contributed by atoms with E-state index in [9.17, 15) is 9.18 Å². The second-order valence-electron chi connectivity index (χ2n) is 8.58. The molecule has 1 aliphatic carbocycles. The first kappa shape index (κ1) is 20.4. The smallest absolute Gasteiger partial charge is 0.254 e. The lowest BCUT2D eigenvalue weighted by atomic mass is 10.1. The molecule has 31 heavy (non-hydrogen) atoms. The van der Waals surface area contributed by atoms with Gasteiger partial charge in [-0.25, -0.2) is 9.37 Å². The minimum absolute atomic E-state index is 0.0462. The van der Waals surface area contributed by atoms with Crippen LogP contribution in [0.4, 0.5) is 4.39 Å². The number of halogens is 2. The van der Waals surface area contributed by atoms with Gasteiger partial charge in [-0.3, -0.25) is 14.4 Å². The average molecular weight is 442 g/mol. The number of hydrogen-bond donors (Lipinski definition) is 0. The van der Waals surface area contributed by atoms with Crippen molar-refractivity contribution in [3.63, 3.8) is 0 Å². The van der Waals surface area contributed by atoms with Gasteiger partial charge in [-0.2, -0.15) is 5.10 Å². The van der Waals surface area contributed by atoms with Crippen LogP contribution in [-0.4, -0.2) is 56.7 Å². The number of carbonyl (C=O) groups excluding carboxylic acids is 1. The average Bonchev–Trinajstić information content (AvgIpc) is 3.56. The van der Waals surface area contributed by atoms with E-state index in [1.807, 2.05) is 24.9 Å². The highest BCUT2D eigenvalue weighted by molar-refractivity contribution is 6.31. The van der Waals surface area contributed by atoms with Crippen LogP contribution in [0.3, 0.4) is 0 Å². The lowest BCUT2D eigenvalue weighted by Gasteiger charge is -2.35. The quantitative estimate of drug-likeness (QED) is 0.616. The van der Waals surface area contributed by atoms with Gasteiger partial charge in [0.1, 0.15) is 5.82 Å². The summed E-state index contributed by atoms with van der Waals surface area (Å²) in [4.78, 5) is 22.5. The predicted octanol–water partition coefficient (Wildman–Crippen LogP) is 3.90. The highest BCUT2D eigenvalue weighted by Crippen LogP contribution is 2.40. The summed E-state index contributed by atoms with van der Waals surface area (Å²) in [7, 11) is 1.88. The minimum Gasteiger partial charge on any atom is -0.336 e. The van der Waals surface area contributed by atoms with Crippen molar-refractivity contribution in [2.45, 2.75) is 32.2 Å². The zero-order valence-corrected chi connectivity index (χ0v) is 18.5. The molecule has 0 spiro atoms. The van der Waals surface area contributed by atoms with Crippen LogP contribution in [0.25, 0.3) is 11.0 Å². The lowest BCUT2D eigenvalue weighted by Crippen LogP contribution is -2.48. The summed E-state index contributed by atoms with van der Waals surface area (Å²) in [6, 6.07) is 6.50. The van der Waals surface area contributed by atoms with Gasteiger partial charge in [0.05, 0.1) is 16.6 Å². The summed E-state index contributed by atoms with van der Waals surface area (Å²) < 4.78 is 15.1. The molecule has 1 saturated heterocycles. The molecule has 0 atom stereocenters. The van der Waals surface area contributed by atoms with Crippen LogP contribution in [-0.2, 0) is 13.6 Å². The number of rotatable bonds is 4. The van der Waals surface area contributed by atoms with E-state index >= 15 is 0 Å². The highest BCUT2D eigenvalue weighted by Gasteiger charge is 2.30. The first-order valence-corrected chi connectivity index (χ1v) is 11.1. The molecule has 3 heterocycles. The van der Waals surface area contributed by atoms with E-state index in [0.29, 0.717) is 36.1 Å². The summed E-state index contributed by atoms with van der Waals surface area (Å²) in [5, 5.41) is 5.81. The summed E-state index contributed by atoms with van der Waals surface area (Å²) in [6.45, 7) is 5.35. The maximum atomic E-state index is 13.5. The van der Waals surface area contributed by atoms with Crippen molar-refractivity contribution < 1.29 is 9.18 Å². The number of piperazine rings is 1. The van der Waals surface area contributed by atoms with Gasteiger partial charge < -0.3 is 4.90 Å². The predicted molar refractivity (Wildman–Crippen MR) is 118 cm³/mol. The molecule has 2 aliphatic rings. The van der Waals surface area contributed by atoms with E-state index in [4.69, 9.17) is 16.6 Å². The Kier molecular flexibility index (Phi) is 5.18. The van der Waals surface area contributed by atoms with Crippen molar-refractivity contribution in [3.05, 3.63) is 57.6 Å². The first-order chi connectivity index (χ1) is 14.9. The molecule has 2 fully saturated rings. The number of aromatic nitrogens is 3. The van der Waals surface area contributed by atoms with Gasteiger partial charge in [0, 0.05) is 56.4 Å². The minimum atomic E-state index is -0.330. The second-order valence-corrected chi connectivity index (χ2v) is 8.99. The Balaban J connectivity index is 1.34. The molecule has 3 aromatic rings. The molecular formula is C23H25ClFN5O. The van der Waals surface area contributed by atoms with E-state index in [-0.39, 0.29) is 11.7 Å². The van der Waals surface area contributed by atoms with E-state index in [0.717, 1.165) is 53.9 Å². The summed E-state index contributed by atoms with van der Waals surface area (Å²) >= 11 is 6.18. The molecule has 1 aromatic carbocycles. The second kappa shape index (κ2) is 7.88. The Morgan fingerprint density at radius 1 is 1.19 bits per heavy atom. The van der Waals surface area contributed by atoms with Crippen molar-refractivity contribution >= 4 is 28.5 Å². The maximum Gasteiger partial charge on any atom is 0.254 e. The number of nitrogens with zero attached hydrogens (tertiary/aromatic N) is 5. The molecule has 0 bridgehead atoms. The van der Waals surface area contributed by atoms with Gasteiger partial charge in [-0.05, 0) is 43.5 Å². The SMILES string of the molecule is Cc1nn(C)c2nc(C3CC3)cc(C(=O)N3CCN(Cc4ccc(F)cc4Cl)CC3)c12. The molecule has 1 amide bonds. The third-order valence-electron chi connectivity index (χ3n) is 6.28. The van der Waals surface area contributed by atoms with Crippen molar-refractivity contribution in [2.75, 3.05) is 26.2 Å². The molecule has 8 heteroatoms. The van der Waals surface area contributed by atoms with Crippen molar-refractivity contribution in [2.24, 2.45) is 7.05 Å². The zero-order chi connectivity index (χ0) is 21.7. The number of hydrogen-bond acceptors (Lipinski definition) is 4. The Hall–Kier alpha value is -2.51. The van der Waals surface area contributed by atoms with Crippen LogP contribution in [0.2, 0.25) is 5.02 Å². The van der Waals surface area contributed by atoms with Crippen LogP contribution in [0, 0.1) is 12.7 Å². The number of aryl methyl sites for hydroxylation is 2. The zero-order valence-electron chi connectivity index (χ0n) is 17.7. The van der Waals surface area contributed by atoms with Gasteiger partial charge >= 0.3 is 0 Å². The largest absolute Gasteiger partial charge is 0.336 e. The molecule has 1 aliphatic heterocycles. The normalized spacial score (nSPS) is 17.5. The molecule has 5 rings (SSSR count). The molecule has 162 valence electrons. The van der Waals surface area contributed by atoms with E-state index in [1.165, 1.54) is 12.1 Å². The Labute approximate surface area is 185 Å². The van der Waals surface area contributed by atoms with Gasteiger partial charge in [0.2, 0.25) is 0 Å². The summed E-state index contributed by atoms with van der Waals surface area (Å²) in [5.41, 5.74) is 4.24. The third-order valence-corrected chi connectivity index (χ3v) is 6.63. The van der Waals surface area contributed by atoms with Crippen LogP contribution in [0.15, 0.2) is 24.3 Å². The molecule has 6 nitrogen and oxygen atoms in total. The third kappa shape index (κ3) is 3.92. The first-order valence-electron chi connectivity index (χ1n) is 10.7. The molecule has 2 aromatic heterocycles. The van der Waals surface area contributed by atoms with Gasteiger partial charge in [0.15, 0.2) is 5.65 Å². The molecule has 0 radical (unpaired) electrons. The monoisotopic (exact) mass is 441 g/mol. The van der Waals surface area contributed by atoms with E-state index in [2.05, 4.69) is 10.00 Å². The Morgan fingerprint density at radius 2 is 1.94 bits per heavy atom. The lowest BCUT2D eigenvalue weighted by molar-refractivity contribution is 0.0630. The van der Waals surface area contributed by atoms with Gasteiger partial charge in [-0.15, -0.1) is 0 Å². The summed E-state index contributed by atoms with van der Waals surface area (Å²) in [5.74, 6) is 0.178. The fourth-order valence-corrected chi connectivity index (χ4v) is 4.62. The molecule has 1 saturated carbocycles. The number of benzene rings is 1. The van der Waals surface area contributed by atoms with Crippen LogP contribution >= 0.6 is 11.6 Å². The maximum absolute atomic E-state index is 13.5. The topological polar surface area (TPSA) is 54.3 Å². The molecule has 0 unspecified atom stereocenters. The van der Waals surface area contributed by atoms with Crippen LogP contribution in [0.5, 0.6) is 0 Å².